The molecular formula is C24H25ClN2O3S. The molecule has 2 N–H and O–H groups in total. The van der Waals surface area contributed by atoms with Crippen molar-refractivity contribution < 1.29 is 14.3 Å². The molecule has 5 nitrogen and oxygen atoms in total. The number of carbonyl (C=O) groups excluding carboxylic acids is 2. The van der Waals surface area contributed by atoms with Crippen molar-refractivity contribution in [2.75, 3.05) is 13.2 Å². The molecule has 1 heterocycles. The first-order chi connectivity index (χ1) is 15.1. The Morgan fingerprint density at radius 1 is 1.06 bits per heavy atom. The van der Waals surface area contributed by atoms with Crippen molar-refractivity contribution in [2.24, 2.45) is 0 Å². The predicted octanol–water partition coefficient (Wildman–Crippen LogP) is 5.22. The number of amides is 2. The minimum Gasteiger partial charge on any atom is -0.493 e. The first-order valence-corrected chi connectivity index (χ1v) is 11.5. The Morgan fingerprint density at radius 2 is 1.84 bits per heavy atom. The van der Waals surface area contributed by atoms with E-state index in [1.54, 1.807) is 29.5 Å². The summed E-state index contributed by atoms with van der Waals surface area (Å²) in [6.45, 7) is 2.76. The summed E-state index contributed by atoms with van der Waals surface area (Å²) in [6, 6.07) is 16.4. The molecule has 0 saturated heterocycles. The number of para-hydroxylation sites is 1. The standard InChI is InChI=1S/C24H25ClN2O3S/c1-2-30-21-7-4-3-6-20(21)24(29)26-14-5-8-22(28)27-23(18-13-15-31-16-18)17-9-11-19(25)12-10-17/h3-4,6-7,9-13,15-16,23H,2,5,8,14H2,1H3,(H,26,29)(H,27,28). The number of halogens is 1. The van der Waals surface area contributed by atoms with E-state index in [9.17, 15) is 9.59 Å². The third kappa shape index (κ3) is 6.57. The van der Waals surface area contributed by atoms with Gasteiger partial charge in [-0.1, -0.05) is 35.9 Å². The van der Waals surface area contributed by atoms with E-state index in [2.05, 4.69) is 10.6 Å². The molecule has 7 heteroatoms. The highest BCUT2D eigenvalue weighted by Crippen LogP contribution is 2.25. The quantitative estimate of drug-likeness (QED) is 0.411. The van der Waals surface area contributed by atoms with Gasteiger partial charge < -0.3 is 15.4 Å². The zero-order valence-corrected chi connectivity index (χ0v) is 18.8. The fourth-order valence-electron chi connectivity index (χ4n) is 3.17. The summed E-state index contributed by atoms with van der Waals surface area (Å²) in [7, 11) is 0. The first kappa shape index (κ1) is 22.8. The summed E-state index contributed by atoms with van der Waals surface area (Å²) < 4.78 is 5.50. The van der Waals surface area contributed by atoms with Crippen LogP contribution >= 0.6 is 22.9 Å². The molecular weight excluding hydrogens is 432 g/mol. The lowest BCUT2D eigenvalue weighted by molar-refractivity contribution is -0.121. The lowest BCUT2D eigenvalue weighted by Crippen LogP contribution is -2.30. The fraction of sp³-hybridized carbons (Fsp3) is 0.250. The average Bonchev–Trinajstić information content (AvgIpc) is 3.31. The summed E-state index contributed by atoms with van der Waals surface area (Å²) >= 11 is 7.59. The molecule has 162 valence electrons. The van der Waals surface area contributed by atoms with Crippen molar-refractivity contribution in [3.05, 3.63) is 87.1 Å². The van der Waals surface area contributed by atoms with Crippen LogP contribution in [0.3, 0.4) is 0 Å². The molecule has 3 aromatic rings. The maximum absolute atomic E-state index is 12.6. The normalized spacial score (nSPS) is 11.5. The number of hydrogen-bond acceptors (Lipinski definition) is 4. The SMILES string of the molecule is CCOc1ccccc1C(=O)NCCCC(=O)NC(c1ccc(Cl)cc1)c1ccsc1. The second-order valence-corrected chi connectivity index (χ2v) is 8.11. The van der Waals surface area contributed by atoms with Crippen LogP contribution < -0.4 is 15.4 Å². The molecule has 0 radical (unpaired) electrons. The van der Waals surface area contributed by atoms with Gasteiger partial charge in [0, 0.05) is 18.0 Å². The van der Waals surface area contributed by atoms with Crippen molar-refractivity contribution in [2.45, 2.75) is 25.8 Å². The minimum absolute atomic E-state index is 0.0740. The molecule has 2 amide bonds. The molecule has 31 heavy (non-hydrogen) atoms. The summed E-state index contributed by atoms with van der Waals surface area (Å²) in [4.78, 5) is 25.0. The Hall–Kier alpha value is -2.83. The highest BCUT2D eigenvalue weighted by Gasteiger charge is 2.17. The Kier molecular flexibility index (Phi) is 8.50. The van der Waals surface area contributed by atoms with Gasteiger partial charge in [0.25, 0.3) is 5.91 Å². The lowest BCUT2D eigenvalue weighted by atomic mass is 10.0. The molecule has 0 aliphatic carbocycles. The van der Waals surface area contributed by atoms with Gasteiger partial charge in [0.15, 0.2) is 0 Å². The second-order valence-electron chi connectivity index (χ2n) is 6.90. The third-order valence-electron chi connectivity index (χ3n) is 4.68. The number of benzene rings is 2. The van der Waals surface area contributed by atoms with Crippen LogP contribution in [0.4, 0.5) is 0 Å². The van der Waals surface area contributed by atoms with Crippen LogP contribution in [0.25, 0.3) is 0 Å². The maximum Gasteiger partial charge on any atom is 0.255 e. The van der Waals surface area contributed by atoms with E-state index in [1.807, 2.05) is 54.1 Å². The summed E-state index contributed by atoms with van der Waals surface area (Å²) in [6.07, 6.45) is 0.840. The van der Waals surface area contributed by atoms with Gasteiger partial charge in [-0.2, -0.15) is 11.3 Å². The van der Waals surface area contributed by atoms with Crippen molar-refractivity contribution in [3.8, 4) is 5.75 Å². The van der Waals surface area contributed by atoms with Gasteiger partial charge in [-0.25, -0.2) is 0 Å². The molecule has 0 saturated carbocycles. The van der Waals surface area contributed by atoms with Gasteiger partial charge in [-0.15, -0.1) is 0 Å². The molecule has 0 bridgehead atoms. The van der Waals surface area contributed by atoms with Crippen LogP contribution in [0.1, 0.15) is 47.3 Å². The number of carbonyl (C=O) groups is 2. The van der Waals surface area contributed by atoms with E-state index < -0.39 is 0 Å². The highest BCUT2D eigenvalue weighted by molar-refractivity contribution is 7.08. The van der Waals surface area contributed by atoms with E-state index >= 15 is 0 Å². The minimum atomic E-state index is -0.233. The maximum atomic E-state index is 12.6. The molecule has 0 fully saturated rings. The van der Waals surface area contributed by atoms with E-state index in [0.717, 1.165) is 11.1 Å². The van der Waals surface area contributed by atoms with E-state index in [-0.39, 0.29) is 17.9 Å². The molecule has 0 spiro atoms. The van der Waals surface area contributed by atoms with Crippen molar-refractivity contribution in [1.29, 1.82) is 0 Å². The largest absolute Gasteiger partial charge is 0.493 e. The van der Waals surface area contributed by atoms with Crippen LogP contribution in [-0.4, -0.2) is 25.0 Å². The highest BCUT2D eigenvalue weighted by atomic mass is 35.5. The summed E-state index contributed by atoms with van der Waals surface area (Å²) in [5.74, 6) is 0.277. The average molecular weight is 457 g/mol. The van der Waals surface area contributed by atoms with Gasteiger partial charge >= 0.3 is 0 Å². The number of thiophene rings is 1. The van der Waals surface area contributed by atoms with Gasteiger partial charge in [0.05, 0.1) is 18.2 Å². The monoisotopic (exact) mass is 456 g/mol. The van der Waals surface area contributed by atoms with Crippen molar-refractivity contribution in [1.82, 2.24) is 10.6 Å². The van der Waals surface area contributed by atoms with Crippen molar-refractivity contribution in [3.63, 3.8) is 0 Å². The molecule has 2 aromatic carbocycles. The van der Waals surface area contributed by atoms with Crippen molar-refractivity contribution >= 4 is 34.8 Å². The first-order valence-electron chi connectivity index (χ1n) is 10.2. The molecule has 1 unspecified atom stereocenters. The molecule has 1 aromatic heterocycles. The van der Waals surface area contributed by atoms with Crippen LogP contribution in [0.5, 0.6) is 5.75 Å². The zero-order chi connectivity index (χ0) is 22.1. The Morgan fingerprint density at radius 3 is 2.55 bits per heavy atom. The third-order valence-corrected chi connectivity index (χ3v) is 5.64. The topological polar surface area (TPSA) is 67.4 Å². The van der Waals surface area contributed by atoms with Crippen LogP contribution in [0.15, 0.2) is 65.4 Å². The van der Waals surface area contributed by atoms with E-state index in [0.29, 0.717) is 42.3 Å². The summed E-state index contributed by atoms with van der Waals surface area (Å²) in [5, 5.41) is 10.6. The Bertz CT molecular complexity index is 990. The lowest BCUT2D eigenvalue weighted by Gasteiger charge is -2.19. The fourth-order valence-corrected chi connectivity index (χ4v) is 3.98. The molecule has 0 aliphatic rings. The number of nitrogens with one attached hydrogen (secondary N) is 2. The van der Waals surface area contributed by atoms with Gasteiger partial charge in [0.1, 0.15) is 5.75 Å². The molecule has 0 aliphatic heterocycles. The van der Waals surface area contributed by atoms with Gasteiger partial charge in [-0.3, -0.25) is 9.59 Å². The predicted molar refractivity (Wildman–Crippen MR) is 125 cm³/mol. The molecule has 3 rings (SSSR count). The Balaban J connectivity index is 1.52. The van der Waals surface area contributed by atoms with E-state index in [1.165, 1.54) is 0 Å². The number of rotatable bonds is 10. The summed E-state index contributed by atoms with van der Waals surface area (Å²) in [5.41, 5.74) is 2.49. The van der Waals surface area contributed by atoms with Crippen LogP contribution in [0.2, 0.25) is 5.02 Å². The zero-order valence-electron chi connectivity index (χ0n) is 17.3. The van der Waals surface area contributed by atoms with E-state index in [4.69, 9.17) is 16.3 Å². The second kappa shape index (κ2) is 11.5. The smallest absolute Gasteiger partial charge is 0.255 e. The van der Waals surface area contributed by atoms with Crippen LogP contribution in [-0.2, 0) is 4.79 Å². The van der Waals surface area contributed by atoms with Gasteiger partial charge in [-0.05, 0) is 65.6 Å². The van der Waals surface area contributed by atoms with Crippen LogP contribution in [0, 0.1) is 0 Å². The van der Waals surface area contributed by atoms with Gasteiger partial charge in [0.2, 0.25) is 5.91 Å². The number of ether oxygens (including phenoxy) is 1. The number of hydrogen-bond donors (Lipinski definition) is 2. The Labute approximate surface area is 191 Å². The molecule has 1 atom stereocenters.